The van der Waals surface area contributed by atoms with E-state index < -0.39 is 28.5 Å². The smallest absolute Gasteiger partial charge is 0.264 e. The van der Waals surface area contributed by atoms with Gasteiger partial charge in [-0.15, -0.1) is 0 Å². The molecule has 0 aliphatic heterocycles. The molecule has 3 rings (SSSR count). The van der Waals surface area contributed by atoms with Gasteiger partial charge in [0.05, 0.1) is 10.6 Å². The minimum absolute atomic E-state index is 0.00314. The fourth-order valence-electron chi connectivity index (χ4n) is 3.95. The van der Waals surface area contributed by atoms with Gasteiger partial charge in [0, 0.05) is 28.2 Å². The molecule has 0 aromatic heterocycles. The van der Waals surface area contributed by atoms with E-state index >= 15 is 0 Å². The van der Waals surface area contributed by atoms with Gasteiger partial charge in [-0.1, -0.05) is 78.0 Å². The zero-order valence-corrected chi connectivity index (χ0v) is 25.6. The predicted molar refractivity (Wildman–Crippen MR) is 162 cm³/mol. The van der Waals surface area contributed by atoms with Crippen molar-refractivity contribution in [2.24, 2.45) is 0 Å². The average molecular weight is 625 g/mol. The summed E-state index contributed by atoms with van der Waals surface area (Å²) in [7, 11) is -4.22. The molecule has 0 bridgehead atoms. The van der Waals surface area contributed by atoms with Crippen molar-refractivity contribution in [1.29, 1.82) is 0 Å². The number of amides is 2. The summed E-state index contributed by atoms with van der Waals surface area (Å²) in [6, 6.07) is 16.6. The van der Waals surface area contributed by atoms with Gasteiger partial charge in [0.2, 0.25) is 11.8 Å². The van der Waals surface area contributed by atoms with Crippen LogP contribution in [-0.2, 0) is 26.2 Å². The molecule has 0 spiro atoms. The summed E-state index contributed by atoms with van der Waals surface area (Å²) in [6.07, 6.45) is 1.69. The van der Waals surface area contributed by atoms with E-state index in [0.29, 0.717) is 11.6 Å². The van der Waals surface area contributed by atoms with E-state index in [1.165, 1.54) is 35.2 Å². The Morgan fingerprint density at radius 3 is 2.08 bits per heavy atom. The number of benzene rings is 3. The predicted octanol–water partition coefficient (Wildman–Crippen LogP) is 6.48. The molecule has 1 atom stereocenters. The van der Waals surface area contributed by atoms with Gasteiger partial charge < -0.3 is 10.2 Å². The number of hydrogen-bond donors (Lipinski definition) is 1. The van der Waals surface area contributed by atoms with Gasteiger partial charge in [0.1, 0.15) is 12.6 Å². The minimum atomic E-state index is -4.22. The maximum Gasteiger partial charge on any atom is 0.264 e. The highest BCUT2D eigenvalue weighted by Crippen LogP contribution is 2.30. The molecule has 0 aliphatic carbocycles. The van der Waals surface area contributed by atoms with Gasteiger partial charge in [-0.25, -0.2) is 8.42 Å². The number of aryl methyl sites for hydroxylation is 1. The second-order valence-electron chi connectivity index (χ2n) is 9.42. The van der Waals surface area contributed by atoms with Crippen molar-refractivity contribution < 1.29 is 18.0 Å². The number of anilines is 1. The summed E-state index contributed by atoms with van der Waals surface area (Å²) in [5.41, 5.74) is 1.73. The molecule has 7 nitrogen and oxygen atoms in total. The highest BCUT2D eigenvalue weighted by atomic mass is 35.5. The molecule has 40 heavy (non-hydrogen) atoms. The molecule has 3 aromatic rings. The molecule has 0 unspecified atom stereocenters. The molecule has 0 saturated carbocycles. The Morgan fingerprint density at radius 2 is 1.50 bits per heavy atom. The van der Waals surface area contributed by atoms with Gasteiger partial charge >= 0.3 is 0 Å². The first-order valence-corrected chi connectivity index (χ1v) is 15.4. The van der Waals surface area contributed by atoms with Crippen LogP contribution in [0.15, 0.2) is 71.6 Å². The lowest BCUT2D eigenvalue weighted by atomic mass is 10.1. The zero-order chi connectivity index (χ0) is 29.4. The number of unbranched alkanes of at least 4 members (excludes halogenated alkanes) is 1. The van der Waals surface area contributed by atoms with Crippen molar-refractivity contribution in [3.8, 4) is 0 Å². The quantitative estimate of drug-likeness (QED) is 0.234. The van der Waals surface area contributed by atoms with Crippen LogP contribution in [0.3, 0.4) is 0 Å². The van der Waals surface area contributed by atoms with Gasteiger partial charge in [-0.2, -0.15) is 0 Å². The Labute approximate surface area is 251 Å². The molecule has 0 radical (unpaired) electrons. The largest absolute Gasteiger partial charge is 0.354 e. The number of nitrogens with zero attached hydrogens (tertiary/aromatic N) is 2. The fraction of sp³-hybridized carbons (Fsp3) is 0.310. The Balaban J connectivity index is 2.03. The second kappa shape index (κ2) is 14.2. The Bertz CT molecular complexity index is 1410. The van der Waals surface area contributed by atoms with Crippen molar-refractivity contribution in [3.63, 3.8) is 0 Å². The van der Waals surface area contributed by atoms with Gasteiger partial charge in [-0.3, -0.25) is 13.9 Å². The first-order valence-electron chi connectivity index (χ1n) is 12.8. The summed E-state index contributed by atoms with van der Waals surface area (Å²) in [5.74, 6) is -0.922. The van der Waals surface area contributed by atoms with E-state index in [0.717, 1.165) is 28.3 Å². The normalized spacial score (nSPS) is 12.1. The zero-order valence-electron chi connectivity index (χ0n) is 22.5. The lowest BCUT2D eigenvalue weighted by Crippen LogP contribution is -2.51. The molecule has 0 heterocycles. The molecule has 1 N–H and O–H groups in total. The number of nitrogens with one attached hydrogen (secondary N) is 1. The van der Waals surface area contributed by atoms with Crippen LogP contribution in [0.5, 0.6) is 0 Å². The monoisotopic (exact) mass is 623 g/mol. The van der Waals surface area contributed by atoms with Crippen LogP contribution in [0.2, 0.25) is 15.1 Å². The molecule has 0 fully saturated rings. The van der Waals surface area contributed by atoms with Gasteiger partial charge in [0.25, 0.3) is 10.0 Å². The van der Waals surface area contributed by atoms with Crippen molar-refractivity contribution in [2.75, 3.05) is 17.4 Å². The number of carbonyl (C=O) groups excluding carboxylic acids is 2. The third kappa shape index (κ3) is 8.36. The van der Waals surface area contributed by atoms with E-state index in [-0.39, 0.29) is 33.1 Å². The van der Waals surface area contributed by atoms with Crippen molar-refractivity contribution in [1.82, 2.24) is 10.2 Å². The Kier molecular flexibility index (Phi) is 11.3. The summed E-state index contributed by atoms with van der Waals surface area (Å²) >= 11 is 18.5. The molecule has 0 saturated heterocycles. The van der Waals surface area contributed by atoms with Crippen molar-refractivity contribution >= 4 is 62.3 Å². The second-order valence-corrected chi connectivity index (χ2v) is 12.6. The van der Waals surface area contributed by atoms with Crippen LogP contribution in [0.25, 0.3) is 0 Å². The summed E-state index contributed by atoms with van der Waals surface area (Å²) < 4.78 is 28.7. The van der Waals surface area contributed by atoms with E-state index in [1.807, 2.05) is 13.8 Å². The molecule has 11 heteroatoms. The molecule has 214 valence electrons. The number of halogens is 3. The number of carbonyl (C=O) groups is 2. The molecule has 0 aliphatic rings. The Hall–Kier alpha value is -2.78. The number of hydrogen-bond acceptors (Lipinski definition) is 4. The molecular formula is C29H32Cl3N3O4S. The van der Waals surface area contributed by atoms with Crippen LogP contribution < -0.4 is 9.62 Å². The minimum Gasteiger partial charge on any atom is -0.354 e. The average Bonchev–Trinajstić information content (AvgIpc) is 2.90. The summed E-state index contributed by atoms with van der Waals surface area (Å²) in [5, 5.41) is 3.80. The standard InChI is InChI=1S/C29H32Cl3N3O4S/c1-4-5-14-33-29(37)21(3)34(18-22-8-10-23(30)11-9-22)28(36)19-35(26-16-24(31)15-25(32)17-26)40(38,39)27-12-6-20(2)7-13-27/h6-13,15-17,21H,4-5,14,18-19H2,1-3H3,(H,33,37)/t21-/m1/s1. The maximum absolute atomic E-state index is 13.9. The highest BCUT2D eigenvalue weighted by Gasteiger charge is 2.32. The first kappa shape index (κ1) is 31.7. The lowest BCUT2D eigenvalue weighted by molar-refractivity contribution is -0.139. The SMILES string of the molecule is CCCCNC(=O)[C@@H](C)N(Cc1ccc(Cl)cc1)C(=O)CN(c1cc(Cl)cc(Cl)c1)S(=O)(=O)c1ccc(C)cc1. The van der Waals surface area contributed by atoms with E-state index in [2.05, 4.69) is 5.32 Å². The van der Waals surface area contributed by atoms with Crippen LogP contribution >= 0.6 is 34.8 Å². The van der Waals surface area contributed by atoms with Crippen molar-refractivity contribution in [2.45, 2.75) is 51.1 Å². The van der Waals surface area contributed by atoms with Crippen LogP contribution in [0.4, 0.5) is 5.69 Å². The van der Waals surface area contributed by atoms with E-state index in [9.17, 15) is 18.0 Å². The third-order valence-electron chi connectivity index (χ3n) is 6.29. The van der Waals surface area contributed by atoms with Crippen LogP contribution in [0.1, 0.15) is 37.8 Å². The topological polar surface area (TPSA) is 86.8 Å². The van der Waals surface area contributed by atoms with E-state index in [4.69, 9.17) is 34.8 Å². The number of rotatable bonds is 12. The molecule has 3 aromatic carbocycles. The van der Waals surface area contributed by atoms with Gasteiger partial charge in [-0.05, 0) is 68.3 Å². The highest BCUT2D eigenvalue weighted by molar-refractivity contribution is 7.92. The van der Waals surface area contributed by atoms with Crippen molar-refractivity contribution in [3.05, 3.63) is 92.9 Å². The lowest BCUT2D eigenvalue weighted by Gasteiger charge is -2.32. The number of sulfonamides is 1. The first-order chi connectivity index (χ1) is 18.9. The van der Waals surface area contributed by atoms with Crippen LogP contribution in [-0.4, -0.2) is 44.3 Å². The maximum atomic E-state index is 13.9. The third-order valence-corrected chi connectivity index (χ3v) is 8.76. The fourth-order valence-corrected chi connectivity index (χ4v) is 5.99. The summed E-state index contributed by atoms with van der Waals surface area (Å²) in [4.78, 5) is 28.3. The Morgan fingerprint density at radius 1 is 0.900 bits per heavy atom. The van der Waals surface area contributed by atoms with Crippen LogP contribution in [0, 0.1) is 6.92 Å². The van der Waals surface area contributed by atoms with E-state index in [1.54, 1.807) is 43.3 Å². The molecule has 2 amide bonds. The summed E-state index contributed by atoms with van der Waals surface area (Å²) in [6.45, 7) is 5.41. The van der Waals surface area contributed by atoms with Gasteiger partial charge in [0.15, 0.2) is 0 Å². The molecular weight excluding hydrogens is 593 g/mol.